The van der Waals surface area contributed by atoms with Crippen molar-refractivity contribution in [2.45, 2.75) is 32.9 Å². The summed E-state index contributed by atoms with van der Waals surface area (Å²) in [5.41, 5.74) is 0.411. The summed E-state index contributed by atoms with van der Waals surface area (Å²) in [4.78, 5) is 21.3. The lowest BCUT2D eigenvalue weighted by molar-refractivity contribution is 0.375. The van der Waals surface area contributed by atoms with Crippen LogP contribution in [0.4, 0.5) is 4.39 Å². The summed E-state index contributed by atoms with van der Waals surface area (Å²) >= 11 is 1.38. The highest BCUT2D eigenvalue weighted by Gasteiger charge is 2.18. The van der Waals surface area contributed by atoms with Gasteiger partial charge in [-0.25, -0.2) is 14.4 Å². The molecule has 0 saturated carbocycles. The van der Waals surface area contributed by atoms with E-state index in [1.54, 1.807) is 19.3 Å². The number of benzene rings is 1. The van der Waals surface area contributed by atoms with Gasteiger partial charge in [-0.3, -0.25) is 9.36 Å². The first-order chi connectivity index (χ1) is 14.0. The smallest absolute Gasteiger partial charge is 0.259 e. The van der Waals surface area contributed by atoms with Crippen molar-refractivity contribution < 1.29 is 13.9 Å². The summed E-state index contributed by atoms with van der Waals surface area (Å²) in [6.07, 6.45) is 3.47. The summed E-state index contributed by atoms with van der Waals surface area (Å²) in [6, 6.07) is 4.48. The van der Waals surface area contributed by atoms with E-state index in [4.69, 9.17) is 9.47 Å². The zero-order valence-electron chi connectivity index (χ0n) is 18.2. The van der Waals surface area contributed by atoms with E-state index in [1.165, 1.54) is 42.7 Å². The fourth-order valence-electron chi connectivity index (χ4n) is 2.56. The molecule has 1 aromatic carbocycles. The molecule has 0 N–H and O–H groups in total. The summed E-state index contributed by atoms with van der Waals surface area (Å²) in [7, 11) is 4.42. The average Bonchev–Trinajstić information content (AvgIpc) is 2.79. The molecule has 0 radical (unpaired) electrons. The third-order valence-electron chi connectivity index (χ3n) is 3.87. The molecule has 2 heterocycles. The van der Waals surface area contributed by atoms with E-state index >= 15 is 0 Å². The van der Waals surface area contributed by atoms with Crippen molar-refractivity contribution in [3.63, 3.8) is 0 Å². The van der Waals surface area contributed by atoms with Crippen LogP contribution in [-0.2, 0) is 7.05 Å². The monoisotopic (exact) mass is 421 g/mol. The van der Waals surface area contributed by atoms with Crippen LogP contribution in [0.25, 0.3) is 22.2 Å². The molecule has 0 aliphatic heterocycles. The van der Waals surface area contributed by atoms with E-state index in [2.05, 4.69) is 9.97 Å². The van der Waals surface area contributed by atoms with Gasteiger partial charge >= 0.3 is 0 Å². The van der Waals surface area contributed by atoms with Gasteiger partial charge in [0.25, 0.3) is 5.56 Å². The molecule has 0 fully saturated rings. The zero-order chi connectivity index (χ0) is 22.1. The third-order valence-corrected chi connectivity index (χ3v) is 4.43. The Balaban J connectivity index is 0.000000989. The molecule has 0 amide bonds. The zero-order valence-corrected chi connectivity index (χ0v) is 19.0. The maximum Gasteiger partial charge on any atom is 0.259 e. The van der Waals surface area contributed by atoms with Gasteiger partial charge in [-0.1, -0.05) is 39.5 Å². The normalized spacial score (nSPS) is 9.83. The van der Waals surface area contributed by atoms with Gasteiger partial charge in [-0.2, -0.15) is 0 Å². The van der Waals surface area contributed by atoms with Crippen LogP contribution in [0.2, 0.25) is 0 Å². The lowest BCUT2D eigenvalue weighted by Gasteiger charge is -2.12. The molecule has 2 aromatic heterocycles. The maximum absolute atomic E-state index is 14.7. The number of halogens is 1. The lowest BCUT2D eigenvalue weighted by atomic mass is 10.0. The number of ether oxygens (including phenoxy) is 2. The van der Waals surface area contributed by atoms with Gasteiger partial charge in [-0.15, -0.1) is 0 Å². The number of methoxy groups -OCH3 is 2. The van der Waals surface area contributed by atoms with Gasteiger partial charge in [0.05, 0.1) is 19.8 Å². The van der Waals surface area contributed by atoms with Gasteiger partial charge in [0, 0.05) is 30.3 Å². The Labute approximate surface area is 175 Å². The second-order valence-corrected chi connectivity index (χ2v) is 6.02. The van der Waals surface area contributed by atoms with Crippen molar-refractivity contribution >= 4 is 22.8 Å². The molecule has 0 spiro atoms. The Kier molecular flexibility index (Phi) is 9.61. The third kappa shape index (κ3) is 5.06. The molecule has 158 valence electrons. The first-order valence-electron chi connectivity index (χ1n) is 9.32. The molecule has 0 unspecified atom stereocenters. The van der Waals surface area contributed by atoms with Gasteiger partial charge in [0.15, 0.2) is 16.7 Å². The minimum Gasteiger partial charge on any atom is -0.497 e. The molecule has 3 rings (SSSR count). The average molecular weight is 422 g/mol. The minimum absolute atomic E-state index is 0.00507. The molecule has 3 aromatic rings. The van der Waals surface area contributed by atoms with Crippen LogP contribution in [0.3, 0.4) is 0 Å². The molecule has 29 heavy (non-hydrogen) atoms. The van der Waals surface area contributed by atoms with Crippen LogP contribution in [0.1, 0.15) is 27.7 Å². The van der Waals surface area contributed by atoms with E-state index in [-0.39, 0.29) is 22.4 Å². The second-order valence-electron chi connectivity index (χ2n) is 5.25. The quantitative estimate of drug-likeness (QED) is 0.440. The van der Waals surface area contributed by atoms with Crippen LogP contribution in [-0.4, -0.2) is 35.0 Å². The molecular formula is C21H28FN3O3S. The second kappa shape index (κ2) is 11.4. The molecule has 6 nitrogen and oxygen atoms in total. The van der Waals surface area contributed by atoms with Crippen molar-refractivity contribution in [3.8, 4) is 22.6 Å². The Morgan fingerprint density at radius 1 is 1.03 bits per heavy atom. The van der Waals surface area contributed by atoms with Gasteiger partial charge in [0.1, 0.15) is 11.4 Å². The van der Waals surface area contributed by atoms with Crippen molar-refractivity contribution in [1.82, 2.24) is 14.5 Å². The fourth-order valence-corrected chi connectivity index (χ4v) is 2.89. The maximum atomic E-state index is 14.7. The van der Waals surface area contributed by atoms with Gasteiger partial charge < -0.3 is 9.47 Å². The van der Waals surface area contributed by atoms with E-state index in [1.807, 2.05) is 34.0 Å². The SMILES string of the molecule is CC.CC.COc1cc(OC)c(F)c(-c2cc3cnc(SC)nc3n(C)c2=O)c1. The molecule has 0 atom stereocenters. The van der Waals surface area contributed by atoms with E-state index in [9.17, 15) is 9.18 Å². The summed E-state index contributed by atoms with van der Waals surface area (Å²) in [6.45, 7) is 8.00. The minimum atomic E-state index is -0.624. The predicted octanol–water partition coefficient (Wildman–Crippen LogP) is 4.93. The summed E-state index contributed by atoms with van der Waals surface area (Å²) in [5, 5.41) is 1.19. The Morgan fingerprint density at radius 3 is 2.24 bits per heavy atom. The van der Waals surface area contributed by atoms with Crippen LogP contribution >= 0.6 is 11.8 Å². The van der Waals surface area contributed by atoms with Crippen LogP contribution in [0.5, 0.6) is 11.5 Å². The molecule has 0 aliphatic carbocycles. The number of rotatable bonds is 4. The standard InChI is InChI=1S/C17H16FN3O3S.2C2H6/c1-21-15-9(8-19-17(20-15)25-4)5-12(16(21)22)11-6-10(23-2)7-13(24-3)14(11)18;2*1-2/h5-8H,1-4H3;2*1-2H3. The van der Waals surface area contributed by atoms with E-state index < -0.39 is 5.82 Å². The summed E-state index contributed by atoms with van der Waals surface area (Å²) < 4.78 is 26.4. The molecular weight excluding hydrogens is 393 g/mol. The van der Waals surface area contributed by atoms with Crippen LogP contribution in [0, 0.1) is 5.82 Å². The molecule has 0 saturated heterocycles. The number of pyridine rings is 1. The highest BCUT2D eigenvalue weighted by atomic mass is 32.2. The molecule has 0 aliphatic rings. The number of fused-ring (bicyclic) bond motifs is 1. The predicted molar refractivity (Wildman–Crippen MR) is 118 cm³/mol. The summed E-state index contributed by atoms with van der Waals surface area (Å²) in [5.74, 6) is -0.226. The van der Waals surface area contributed by atoms with Crippen molar-refractivity contribution in [1.29, 1.82) is 0 Å². The van der Waals surface area contributed by atoms with Crippen molar-refractivity contribution in [3.05, 3.63) is 40.6 Å². The highest BCUT2D eigenvalue weighted by Crippen LogP contribution is 2.33. The van der Waals surface area contributed by atoms with Gasteiger partial charge in [-0.05, 0) is 18.4 Å². The Morgan fingerprint density at radius 2 is 1.69 bits per heavy atom. The number of aromatic nitrogens is 3. The fraction of sp³-hybridized carbons (Fsp3) is 0.381. The molecule has 0 bridgehead atoms. The van der Waals surface area contributed by atoms with Crippen LogP contribution < -0.4 is 15.0 Å². The topological polar surface area (TPSA) is 66.2 Å². The first kappa shape index (κ1) is 24.4. The van der Waals surface area contributed by atoms with Crippen LogP contribution in [0.15, 0.2) is 34.3 Å². The van der Waals surface area contributed by atoms with E-state index in [0.717, 1.165) is 0 Å². The highest BCUT2D eigenvalue weighted by molar-refractivity contribution is 7.98. The van der Waals surface area contributed by atoms with Crippen molar-refractivity contribution in [2.75, 3.05) is 20.5 Å². The Hall–Kier alpha value is -2.61. The molecule has 8 heteroatoms. The first-order valence-corrected chi connectivity index (χ1v) is 10.5. The largest absolute Gasteiger partial charge is 0.497 e. The Bertz CT molecular complexity index is 1020. The van der Waals surface area contributed by atoms with Gasteiger partial charge in [0.2, 0.25) is 0 Å². The lowest BCUT2D eigenvalue weighted by Crippen LogP contribution is -2.20. The number of aryl methyl sites for hydroxylation is 1. The number of nitrogens with zero attached hydrogens (tertiary/aromatic N) is 3. The van der Waals surface area contributed by atoms with Crippen molar-refractivity contribution in [2.24, 2.45) is 7.05 Å². The number of hydrogen-bond donors (Lipinski definition) is 0. The number of thioether (sulfide) groups is 1. The number of hydrogen-bond acceptors (Lipinski definition) is 6. The van der Waals surface area contributed by atoms with E-state index in [0.29, 0.717) is 21.9 Å².